The van der Waals surface area contributed by atoms with Crippen molar-refractivity contribution in [3.05, 3.63) is 35.7 Å². The normalized spacial score (nSPS) is 15.5. The summed E-state index contributed by atoms with van der Waals surface area (Å²) in [6, 6.07) is 2.19. The predicted octanol–water partition coefficient (Wildman–Crippen LogP) is 3.33. The lowest BCUT2D eigenvalue weighted by atomic mass is 10.1. The maximum Gasteiger partial charge on any atom is 0.0605 e. The fraction of sp³-hybridized carbons (Fsp3) is 0.462. The molecule has 0 saturated heterocycles. The van der Waals surface area contributed by atoms with Gasteiger partial charge in [0.1, 0.15) is 0 Å². The SMILES string of the molecule is CCCc1cc(C)nn1C1=CCCC=C1. The lowest BCUT2D eigenvalue weighted by Crippen LogP contribution is -2.04. The molecule has 0 radical (unpaired) electrons. The summed E-state index contributed by atoms with van der Waals surface area (Å²) in [6.07, 6.45) is 11.2. The lowest BCUT2D eigenvalue weighted by Gasteiger charge is -2.10. The Morgan fingerprint density at radius 2 is 2.27 bits per heavy atom. The Labute approximate surface area is 91.3 Å². The first-order valence-corrected chi connectivity index (χ1v) is 5.74. The van der Waals surface area contributed by atoms with Gasteiger partial charge in [-0.2, -0.15) is 5.10 Å². The quantitative estimate of drug-likeness (QED) is 0.735. The second-order valence-corrected chi connectivity index (χ2v) is 4.05. The molecule has 0 amide bonds. The summed E-state index contributed by atoms with van der Waals surface area (Å²) in [7, 11) is 0. The summed E-state index contributed by atoms with van der Waals surface area (Å²) < 4.78 is 2.09. The van der Waals surface area contributed by atoms with E-state index in [0.29, 0.717) is 0 Å². The van der Waals surface area contributed by atoms with Crippen molar-refractivity contribution in [3.63, 3.8) is 0 Å². The van der Waals surface area contributed by atoms with E-state index < -0.39 is 0 Å². The zero-order valence-electron chi connectivity index (χ0n) is 9.53. The Kier molecular flexibility index (Phi) is 3.05. The van der Waals surface area contributed by atoms with E-state index in [2.05, 4.69) is 47.9 Å². The van der Waals surface area contributed by atoms with E-state index in [1.165, 1.54) is 17.8 Å². The zero-order valence-corrected chi connectivity index (χ0v) is 9.53. The summed E-state index contributed by atoms with van der Waals surface area (Å²) in [6.45, 7) is 4.26. The number of rotatable bonds is 3. The minimum Gasteiger partial charge on any atom is -0.238 e. The maximum atomic E-state index is 4.55. The summed E-state index contributed by atoms with van der Waals surface area (Å²) in [5, 5.41) is 4.55. The molecule has 0 N–H and O–H groups in total. The molecule has 1 aliphatic carbocycles. The molecule has 15 heavy (non-hydrogen) atoms. The molecule has 1 aliphatic rings. The molecule has 0 fully saturated rings. The highest BCUT2D eigenvalue weighted by Crippen LogP contribution is 2.18. The van der Waals surface area contributed by atoms with Crippen molar-refractivity contribution >= 4 is 5.70 Å². The van der Waals surface area contributed by atoms with Gasteiger partial charge in [-0.05, 0) is 38.3 Å². The van der Waals surface area contributed by atoms with Gasteiger partial charge in [-0.25, -0.2) is 4.68 Å². The van der Waals surface area contributed by atoms with Crippen LogP contribution in [0.25, 0.3) is 5.70 Å². The van der Waals surface area contributed by atoms with Gasteiger partial charge in [-0.1, -0.05) is 25.5 Å². The van der Waals surface area contributed by atoms with E-state index >= 15 is 0 Å². The van der Waals surface area contributed by atoms with E-state index in [-0.39, 0.29) is 0 Å². The fourth-order valence-corrected chi connectivity index (χ4v) is 1.97. The van der Waals surface area contributed by atoms with Crippen LogP contribution < -0.4 is 0 Å². The van der Waals surface area contributed by atoms with Gasteiger partial charge >= 0.3 is 0 Å². The van der Waals surface area contributed by atoms with Crippen molar-refractivity contribution < 1.29 is 0 Å². The van der Waals surface area contributed by atoms with Crippen LogP contribution in [-0.2, 0) is 6.42 Å². The largest absolute Gasteiger partial charge is 0.238 e. The molecule has 0 spiro atoms. The third kappa shape index (κ3) is 2.20. The first-order valence-electron chi connectivity index (χ1n) is 5.74. The first-order chi connectivity index (χ1) is 7.31. The van der Waals surface area contributed by atoms with Crippen LogP contribution in [0, 0.1) is 6.92 Å². The Hall–Kier alpha value is -1.31. The van der Waals surface area contributed by atoms with Gasteiger partial charge in [0, 0.05) is 5.69 Å². The van der Waals surface area contributed by atoms with Crippen molar-refractivity contribution in [2.75, 3.05) is 0 Å². The molecule has 1 heterocycles. The summed E-state index contributed by atoms with van der Waals surface area (Å²) in [5.74, 6) is 0. The van der Waals surface area contributed by atoms with Gasteiger partial charge in [0.2, 0.25) is 0 Å². The van der Waals surface area contributed by atoms with Crippen LogP contribution in [0.15, 0.2) is 24.3 Å². The molecule has 0 aliphatic heterocycles. The minimum atomic E-state index is 1.10. The van der Waals surface area contributed by atoms with E-state index in [1.54, 1.807) is 0 Å². The van der Waals surface area contributed by atoms with Crippen LogP contribution in [-0.4, -0.2) is 9.78 Å². The number of nitrogens with zero attached hydrogens (tertiary/aromatic N) is 2. The number of allylic oxidation sites excluding steroid dienone is 4. The van der Waals surface area contributed by atoms with E-state index in [1.807, 2.05) is 0 Å². The number of hydrogen-bond donors (Lipinski definition) is 0. The van der Waals surface area contributed by atoms with Crippen LogP contribution in [0.4, 0.5) is 0 Å². The monoisotopic (exact) mass is 202 g/mol. The average Bonchev–Trinajstić information content (AvgIpc) is 2.62. The molecule has 1 aromatic heterocycles. The fourth-order valence-electron chi connectivity index (χ4n) is 1.97. The highest BCUT2D eigenvalue weighted by molar-refractivity contribution is 5.58. The van der Waals surface area contributed by atoms with Gasteiger partial charge in [0.15, 0.2) is 0 Å². The lowest BCUT2D eigenvalue weighted by molar-refractivity contribution is 0.780. The van der Waals surface area contributed by atoms with Gasteiger partial charge in [0.25, 0.3) is 0 Å². The van der Waals surface area contributed by atoms with Gasteiger partial charge in [-0.15, -0.1) is 0 Å². The summed E-state index contributed by atoms with van der Waals surface area (Å²) >= 11 is 0. The molecule has 0 saturated carbocycles. The van der Waals surface area contributed by atoms with Crippen molar-refractivity contribution in [3.8, 4) is 0 Å². The highest BCUT2D eigenvalue weighted by atomic mass is 15.3. The standard InChI is InChI=1S/C13H18N2/c1-3-7-13-10-11(2)14-15(13)12-8-5-4-6-9-12/h5,8-10H,3-4,6-7H2,1-2H3. The topological polar surface area (TPSA) is 17.8 Å². The van der Waals surface area contributed by atoms with Gasteiger partial charge in [0.05, 0.1) is 11.4 Å². The van der Waals surface area contributed by atoms with E-state index in [4.69, 9.17) is 0 Å². The van der Waals surface area contributed by atoms with Crippen LogP contribution in [0.5, 0.6) is 0 Å². The van der Waals surface area contributed by atoms with Crippen LogP contribution >= 0.6 is 0 Å². The summed E-state index contributed by atoms with van der Waals surface area (Å²) in [5.41, 5.74) is 3.67. The average molecular weight is 202 g/mol. The third-order valence-electron chi connectivity index (χ3n) is 2.63. The molecular formula is C13H18N2. The van der Waals surface area contributed by atoms with Crippen LogP contribution in [0.2, 0.25) is 0 Å². The Bertz CT molecular complexity index is 397. The molecule has 80 valence electrons. The predicted molar refractivity (Wildman–Crippen MR) is 63.6 cm³/mol. The van der Waals surface area contributed by atoms with Crippen molar-refractivity contribution in [1.29, 1.82) is 0 Å². The van der Waals surface area contributed by atoms with E-state index in [0.717, 1.165) is 25.0 Å². The number of aryl methyl sites for hydroxylation is 2. The molecule has 0 atom stereocenters. The number of hydrogen-bond acceptors (Lipinski definition) is 1. The smallest absolute Gasteiger partial charge is 0.0605 e. The summed E-state index contributed by atoms with van der Waals surface area (Å²) in [4.78, 5) is 0. The van der Waals surface area contributed by atoms with Gasteiger partial charge < -0.3 is 0 Å². The van der Waals surface area contributed by atoms with Gasteiger partial charge in [-0.3, -0.25) is 0 Å². The highest BCUT2D eigenvalue weighted by Gasteiger charge is 2.08. The molecule has 0 aromatic carbocycles. The molecule has 2 heteroatoms. The number of aromatic nitrogens is 2. The van der Waals surface area contributed by atoms with E-state index in [9.17, 15) is 0 Å². The van der Waals surface area contributed by atoms with Crippen molar-refractivity contribution in [1.82, 2.24) is 9.78 Å². The Morgan fingerprint density at radius 1 is 1.40 bits per heavy atom. The zero-order chi connectivity index (χ0) is 10.7. The molecule has 0 unspecified atom stereocenters. The Balaban J connectivity index is 2.33. The second kappa shape index (κ2) is 4.47. The third-order valence-corrected chi connectivity index (χ3v) is 2.63. The molecule has 0 bridgehead atoms. The molecule has 2 nitrogen and oxygen atoms in total. The maximum absolute atomic E-state index is 4.55. The van der Waals surface area contributed by atoms with Crippen molar-refractivity contribution in [2.24, 2.45) is 0 Å². The molecular weight excluding hydrogens is 184 g/mol. The van der Waals surface area contributed by atoms with Crippen LogP contribution in [0.1, 0.15) is 37.6 Å². The second-order valence-electron chi connectivity index (χ2n) is 4.05. The Morgan fingerprint density at radius 3 is 2.93 bits per heavy atom. The minimum absolute atomic E-state index is 1.10. The first kappa shape index (κ1) is 10.2. The molecule has 2 rings (SSSR count). The van der Waals surface area contributed by atoms with Crippen molar-refractivity contribution in [2.45, 2.75) is 39.5 Å². The van der Waals surface area contributed by atoms with Crippen LogP contribution in [0.3, 0.4) is 0 Å². The molecule has 1 aromatic rings.